The standard InChI is InChI=1S/C18H22N6O2/c1-2-5-19-18-21-17(11-20-22-18)24-8-6-23(7-9-24)12-14-3-4-15-16(10-14)26-13-25-15/h2-4,10-11H,1,5-9,12-13H2,(H,19,21,22). The van der Waals surface area contributed by atoms with Crippen molar-refractivity contribution in [3.05, 3.63) is 42.6 Å². The van der Waals surface area contributed by atoms with Gasteiger partial charge in [0.25, 0.3) is 0 Å². The van der Waals surface area contributed by atoms with Crippen LogP contribution in [-0.2, 0) is 6.54 Å². The third-order valence-electron chi connectivity index (χ3n) is 4.49. The van der Waals surface area contributed by atoms with E-state index in [1.54, 1.807) is 12.3 Å². The summed E-state index contributed by atoms with van der Waals surface area (Å²) in [5.41, 5.74) is 1.24. The fraction of sp³-hybridized carbons (Fsp3) is 0.389. The average molecular weight is 354 g/mol. The molecule has 0 bridgehead atoms. The molecule has 1 N–H and O–H groups in total. The number of hydrogen-bond donors (Lipinski definition) is 1. The molecule has 0 unspecified atom stereocenters. The van der Waals surface area contributed by atoms with Crippen LogP contribution in [0.5, 0.6) is 11.5 Å². The van der Waals surface area contributed by atoms with Gasteiger partial charge in [0.15, 0.2) is 17.3 Å². The molecule has 1 fully saturated rings. The number of ether oxygens (including phenoxy) is 2. The summed E-state index contributed by atoms with van der Waals surface area (Å²) in [7, 11) is 0. The van der Waals surface area contributed by atoms with Crippen LogP contribution >= 0.6 is 0 Å². The second-order valence-corrected chi connectivity index (χ2v) is 6.26. The minimum atomic E-state index is 0.314. The molecule has 1 aromatic heterocycles. The molecular formula is C18H22N6O2. The normalized spacial score (nSPS) is 16.5. The van der Waals surface area contributed by atoms with E-state index in [4.69, 9.17) is 9.47 Å². The van der Waals surface area contributed by atoms with Crippen molar-refractivity contribution in [3.8, 4) is 11.5 Å². The SMILES string of the molecule is C=CCNc1nncc(N2CCN(Cc3ccc4c(c3)OCO4)CC2)n1. The first kappa shape index (κ1) is 16.6. The lowest BCUT2D eigenvalue weighted by Gasteiger charge is -2.35. The predicted molar refractivity (Wildman–Crippen MR) is 98.6 cm³/mol. The number of aromatic nitrogens is 3. The molecule has 4 rings (SSSR count). The van der Waals surface area contributed by atoms with E-state index in [1.165, 1.54) is 5.56 Å². The maximum absolute atomic E-state index is 5.46. The zero-order valence-electron chi connectivity index (χ0n) is 14.6. The van der Waals surface area contributed by atoms with Crippen LogP contribution in [0.25, 0.3) is 0 Å². The molecule has 8 heteroatoms. The molecule has 8 nitrogen and oxygen atoms in total. The fourth-order valence-electron chi connectivity index (χ4n) is 3.12. The van der Waals surface area contributed by atoms with Crippen molar-refractivity contribution < 1.29 is 9.47 Å². The van der Waals surface area contributed by atoms with Crippen LogP contribution in [0.2, 0.25) is 0 Å². The molecule has 3 heterocycles. The third kappa shape index (κ3) is 3.70. The highest BCUT2D eigenvalue weighted by molar-refractivity contribution is 5.44. The number of rotatable bonds is 6. The maximum Gasteiger partial charge on any atom is 0.244 e. The average Bonchev–Trinajstić information content (AvgIpc) is 3.15. The largest absolute Gasteiger partial charge is 0.454 e. The van der Waals surface area contributed by atoms with Gasteiger partial charge in [0.05, 0.1) is 6.20 Å². The van der Waals surface area contributed by atoms with Gasteiger partial charge >= 0.3 is 0 Å². The van der Waals surface area contributed by atoms with E-state index < -0.39 is 0 Å². The minimum absolute atomic E-state index is 0.314. The van der Waals surface area contributed by atoms with E-state index in [9.17, 15) is 0 Å². The number of piperazine rings is 1. The summed E-state index contributed by atoms with van der Waals surface area (Å²) in [4.78, 5) is 9.20. The van der Waals surface area contributed by atoms with Crippen molar-refractivity contribution in [2.75, 3.05) is 49.7 Å². The third-order valence-corrected chi connectivity index (χ3v) is 4.49. The summed E-state index contributed by atoms with van der Waals surface area (Å²) in [6.45, 7) is 9.26. The first-order chi connectivity index (χ1) is 12.8. The molecule has 0 atom stereocenters. The van der Waals surface area contributed by atoms with Gasteiger partial charge in [-0.25, -0.2) is 0 Å². The van der Waals surface area contributed by atoms with Gasteiger partial charge in [-0.05, 0) is 17.7 Å². The molecule has 2 aromatic rings. The summed E-state index contributed by atoms with van der Waals surface area (Å²) < 4.78 is 10.8. The molecule has 0 amide bonds. The Balaban J connectivity index is 1.33. The van der Waals surface area contributed by atoms with Gasteiger partial charge in [0.1, 0.15) is 0 Å². The maximum atomic E-state index is 5.46. The Bertz CT molecular complexity index is 776. The van der Waals surface area contributed by atoms with Crippen molar-refractivity contribution >= 4 is 11.8 Å². The lowest BCUT2D eigenvalue weighted by atomic mass is 10.1. The van der Waals surface area contributed by atoms with Crippen LogP contribution in [0, 0.1) is 0 Å². The zero-order valence-corrected chi connectivity index (χ0v) is 14.6. The van der Waals surface area contributed by atoms with E-state index in [0.717, 1.165) is 50.0 Å². The number of nitrogens with zero attached hydrogens (tertiary/aromatic N) is 5. The first-order valence-corrected chi connectivity index (χ1v) is 8.72. The van der Waals surface area contributed by atoms with Crippen LogP contribution < -0.4 is 19.7 Å². The molecule has 0 saturated carbocycles. The molecule has 2 aliphatic rings. The van der Waals surface area contributed by atoms with Crippen molar-refractivity contribution in [1.29, 1.82) is 0 Å². The summed E-state index contributed by atoms with van der Waals surface area (Å²) in [5, 5.41) is 11.1. The summed E-state index contributed by atoms with van der Waals surface area (Å²) in [5.74, 6) is 3.06. The van der Waals surface area contributed by atoms with Gasteiger partial charge in [-0.1, -0.05) is 12.1 Å². The van der Waals surface area contributed by atoms with Crippen molar-refractivity contribution in [1.82, 2.24) is 20.1 Å². The molecule has 1 aromatic carbocycles. The molecule has 136 valence electrons. The molecule has 0 spiro atoms. The highest BCUT2D eigenvalue weighted by Gasteiger charge is 2.20. The number of hydrogen-bond acceptors (Lipinski definition) is 8. The highest BCUT2D eigenvalue weighted by Crippen LogP contribution is 2.32. The Morgan fingerprint density at radius 2 is 2.00 bits per heavy atom. The number of anilines is 2. The number of benzene rings is 1. The number of nitrogens with one attached hydrogen (secondary N) is 1. The lowest BCUT2D eigenvalue weighted by Crippen LogP contribution is -2.46. The van der Waals surface area contributed by atoms with Gasteiger partial charge in [0.2, 0.25) is 12.7 Å². The van der Waals surface area contributed by atoms with Crippen LogP contribution in [0.3, 0.4) is 0 Å². The van der Waals surface area contributed by atoms with E-state index in [0.29, 0.717) is 19.3 Å². The van der Waals surface area contributed by atoms with Crippen LogP contribution in [0.4, 0.5) is 11.8 Å². The lowest BCUT2D eigenvalue weighted by molar-refractivity contribution is 0.174. The van der Waals surface area contributed by atoms with Gasteiger partial charge < -0.3 is 19.7 Å². The van der Waals surface area contributed by atoms with Gasteiger partial charge in [-0.15, -0.1) is 11.7 Å². The van der Waals surface area contributed by atoms with Crippen LogP contribution in [0.15, 0.2) is 37.1 Å². The predicted octanol–water partition coefficient (Wildman–Crippen LogP) is 1.52. The summed E-state index contributed by atoms with van der Waals surface area (Å²) in [6.07, 6.45) is 3.48. The Kier molecular flexibility index (Phi) is 4.83. The van der Waals surface area contributed by atoms with Crippen molar-refractivity contribution in [2.45, 2.75) is 6.54 Å². The highest BCUT2D eigenvalue weighted by atomic mass is 16.7. The topological polar surface area (TPSA) is 75.6 Å². The Labute approximate surface area is 152 Å². The quantitative estimate of drug-likeness (QED) is 0.783. The van der Waals surface area contributed by atoms with Gasteiger partial charge in [0, 0.05) is 39.3 Å². The monoisotopic (exact) mass is 354 g/mol. The van der Waals surface area contributed by atoms with Gasteiger partial charge in [-0.2, -0.15) is 10.1 Å². The fourth-order valence-corrected chi connectivity index (χ4v) is 3.12. The molecular weight excluding hydrogens is 332 g/mol. The van der Waals surface area contributed by atoms with Crippen molar-refractivity contribution in [2.24, 2.45) is 0 Å². The second-order valence-electron chi connectivity index (χ2n) is 6.26. The van der Waals surface area contributed by atoms with Gasteiger partial charge in [-0.3, -0.25) is 4.90 Å². The zero-order chi connectivity index (χ0) is 17.8. The van der Waals surface area contributed by atoms with E-state index in [1.807, 2.05) is 6.07 Å². The number of fused-ring (bicyclic) bond motifs is 1. The van der Waals surface area contributed by atoms with E-state index >= 15 is 0 Å². The molecule has 0 radical (unpaired) electrons. The molecule has 26 heavy (non-hydrogen) atoms. The Morgan fingerprint density at radius 1 is 1.15 bits per heavy atom. The van der Waals surface area contributed by atoms with Crippen molar-refractivity contribution in [3.63, 3.8) is 0 Å². The van der Waals surface area contributed by atoms with Crippen LogP contribution in [0.1, 0.15) is 5.56 Å². The van der Waals surface area contributed by atoms with Crippen LogP contribution in [-0.4, -0.2) is 59.6 Å². The summed E-state index contributed by atoms with van der Waals surface area (Å²) in [6, 6.07) is 6.16. The second kappa shape index (κ2) is 7.57. The molecule has 0 aliphatic carbocycles. The molecule has 1 saturated heterocycles. The smallest absolute Gasteiger partial charge is 0.244 e. The Hall–Kier alpha value is -2.87. The van der Waals surface area contributed by atoms with E-state index in [2.05, 4.69) is 49.0 Å². The first-order valence-electron chi connectivity index (χ1n) is 8.72. The molecule has 2 aliphatic heterocycles. The summed E-state index contributed by atoms with van der Waals surface area (Å²) >= 11 is 0. The Morgan fingerprint density at radius 3 is 2.85 bits per heavy atom. The van der Waals surface area contributed by atoms with E-state index in [-0.39, 0.29) is 0 Å². The minimum Gasteiger partial charge on any atom is -0.454 e.